The van der Waals surface area contributed by atoms with Gasteiger partial charge in [0.1, 0.15) is 0 Å². The Labute approximate surface area is 173 Å². The predicted molar refractivity (Wildman–Crippen MR) is 114 cm³/mol. The van der Waals surface area contributed by atoms with E-state index in [4.69, 9.17) is 0 Å². The van der Waals surface area contributed by atoms with E-state index in [1.165, 1.54) is 6.42 Å². The number of amides is 2. The molecule has 1 aromatic heterocycles. The topological polar surface area (TPSA) is 45.6 Å². The number of para-hydroxylation sites is 1. The summed E-state index contributed by atoms with van der Waals surface area (Å²) < 4.78 is 2.14. The van der Waals surface area contributed by atoms with Gasteiger partial charge in [-0.25, -0.2) is 0 Å². The number of hydrogen-bond acceptors (Lipinski definition) is 2. The van der Waals surface area contributed by atoms with E-state index in [0.717, 1.165) is 61.4 Å². The molecule has 0 unspecified atom stereocenters. The number of carbonyl (C=O) groups excluding carboxylic acids is 2. The fourth-order valence-electron chi connectivity index (χ4n) is 4.83. The fourth-order valence-corrected chi connectivity index (χ4v) is 4.83. The molecule has 2 amide bonds. The van der Waals surface area contributed by atoms with Crippen LogP contribution in [0.25, 0.3) is 5.69 Å². The molecule has 4 rings (SSSR count). The average Bonchev–Trinajstić information content (AvgIpc) is 3.08. The van der Waals surface area contributed by atoms with Gasteiger partial charge in [0, 0.05) is 49.2 Å². The smallest absolute Gasteiger partial charge is 0.255 e. The molecule has 2 aliphatic rings. The molecule has 0 spiro atoms. The Morgan fingerprint density at radius 2 is 1.52 bits per heavy atom. The molecular formula is C24H31N3O2. The van der Waals surface area contributed by atoms with Crippen LogP contribution in [-0.2, 0) is 4.79 Å². The van der Waals surface area contributed by atoms with Crippen LogP contribution in [0.3, 0.4) is 0 Å². The first-order valence-electron chi connectivity index (χ1n) is 10.9. The van der Waals surface area contributed by atoms with Gasteiger partial charge in [0.15, 0.2) is 0 Å². The van der Waals surface area contributed by atoms with Crippen LogP contribution in [0.4, 0.5) is 0 Å². The first-order valence-corrected chi connectivity index (χ1v) is 10.9. The molecule has 2 aliphatic heterocycles. The van der Waals surface area contributed by atoms with Crippen LogP contribution < -0.4 is 0 Å². The van der Waals surface area contributed by atoms with Gasteiger partial charge in [0.05, 0.1) is 5.56 Å². The number of hydrogen-bond donors (Lipinski definition) is 0. The molecule has 0 N–H and O–H groups in total. The molecule has 0 saturated carbocycles. The first-order chi connectivity index (χ1) is 14.1. The van der Waals surface area contributed by atoms with E-state index in [-0.39, 0.29) is 11.8 Å². The average molecular weight is 394 g/mol. The minimum atomic E-state index is 0.0777. The van der Waals surface area contributed by atoms with Crippen LogP contribution in [0.1, 0.15) is 53.8 Å². The Kier molecular flexibility index (Phi) is 5.74. The predicted octanol–water partition coefficient (Wildman–Crippen LogP) is 3.96. The second-order valence-electron chi connectivity index (χ2n) is 8.41. The molecule has 29 heavy (non-hydrogen) atoms. The zero-order valence-electron chi connectivity index (χ0n) is 17.6. The van der Waals surface area contributed by atoms with Crippen molar-refractivity contribution in [2.24, 2.45) is 5.92 Å². The molecule has 5 heteroatoms. The largest absolute Gasteiger partial charge is 0.342 e. The summed E-state index contributed by atoms with van der Waals surface area (Å²) in [5, 5.41) is 0. The Hall–Kier alpha value is -2.56. The van der Waals surface area contributed by atoms with Crippen molar-refractivity contribution >= 4 is 11.8 Å². The lowest BCUT2D eigenvalue weighted by Crippen LogP contribution is -2.45. The van der Waals surface area contributed by atoms with Crippen molar-refractivity contribution in [1.82, 2.24) is 14.4 Å². The van der Waals surface area contributed by atoms with E-state index >= 15 is 0 Å². The molecule has 2 saturated heterocycles. The number of rotatable bonds is 3. The number of aryl methyl sites for hydroxylation is 1. The van der Waals surface area contributed by atoms with Gasteiger partial charge >= 0.3 is 0 Å². The van der Waals surface area contributed by atoms with Gasteiger partial charge in [-0.1, -0.05) is 18.2 Å². The lowest BCUT2D eigenvalue weighted by molar-refractivity contribution is -0.137. The Balaban J connectivity index is 1.43. The Morgan fingerprint density at radius 3 is 2.17 bits per heavy atom. The van der Waals surface area contributed by atoms with Crippen LogP contribution in [0.5, 0.6) is 0 Å². The standard InChI is InChI=1S/C24H31N3O2/c1-18-17-22(19(2)27(18)21-9-5-3-6-10-21)24(29)26-15-11-20(12-16-26)23(28)25-13-7-4-8-14-25/h3,5-6,9-10,17,20H,4,7-8,11-16H2,1-2H3. The Morgan fingerprint density at radius 1 is 0.862 bits per heavy atom. The van der Waals surface area contributed by atoms with Gasteiger partial charge in [-0.2, -0.15) is 0 Å². The normalized spacial score (nSPS) is 18.1. The molecule has 1 aromatic carbocycles. The summed E-state index contributed by atoms with van der Waals surface area (Å²) in [4.78, 5) is 30.0. The molecule has 2 fully saturated rings. The summed E-state index contributed by atoms with van der Waals surface area (Å²) in [7, 11) is 0. The second kappa shape index (κ2) is 8.44. The van der Waals surface area contributed by atoms with E-state index in [2.05, 4.69) is 16.7 Å². The lowest BCUT2D eigenvalue weighted by atomic mass is 9.94. The van der Waals surface area contributed by atoms with E-state index < -0.39 is 0 Å². The van der Waals surface area contributed by atoms with Crippen molar-refractivity contribution < 1.29 is 9.59 Å². The van der Waals surface area contributed by atoms with E-state index in [0.29, 0.717) is 19.0 Å². The zero-order valence-corrected chi connectivity index (χ0v) is 17.6. The third-order valence-corrected chi connectivity index (χ3v) is 6.48. The summed E-state index contributed by atoms with van der Waals surface area (Å²) in [6.45, 7) is 7.20. The number of piperidine rings is 2. The lowest BCUT2D eigenvalue weighted by Gasteiger charge is -2.35. The molecule has 0 bridgehead atoms. The summed E-state index contributed by atoms with van der Waals surface area (Å²) in [5.41, 5.74) is 3.89. The van der Waals surface area contributed by atoms with Crippen LogP contribution in [0.2, 0.25) is 0 Å². The molecule has 0 atom stereocenters. The number of nitrogens with zero attached hydrogens (tertiary/aromatic N) is 3. The number of aromatic nitrogens is 1. The van der Waals surface area contributed by atoms with Crippen LogP contribution in [0.15, 0.2) is 36.4 Å². The van der Waals surface area contributed by atoms with Crippen LogP contribution in [-0.4, -0.2) is 52.4 Å². The maximum atomic E-state index is 13.2. The second-order valence-corrected chi connectivity index (χ2v) is 8.41. The Bertz CT molecular complexity index is 873. The monoisotopic (exact) mass is 393 g/mol. The van der Waals surface area contributed by atoms with Crippen molar-refractivity contribution in [1.29, 1.82) is 0 Å². The molecule has 5 nitrogen and oxygen atoms in total. The van der Waals surface area contributed by atoms with Gasteiger partial charge < -0.3 is 14.4 Å². The van der Waals surface area contributed by atoms with Gasteiger partial charge in [-0.3, -0.25) is 9.59 Å². The third kappa shape index (κ3) is 3.96. The molecule has 3 heterocycles. The van der Waals surface area contributed by atoms with Crippen molar-refractivity contribution in [3.63, 3.8) is 0 Å². The highest BCUT2D eigenvalue weighted by molar-refractivity contribution is 5.96. The van der Waals surface area contributed by atoms with Crippen molar-refractivity contribution in [2.45, 2.75) is 46.0 Å². The quantitative estimate of drug-likeness (QED) is 0.792. The highest BCUT2D eigenvalue weighted by Gasteiger charge is 2.32. The third-order valence-electron chi connectivity index (χ3n) is 6.48. The van der Waals surface area contributed by atoms with Crippen molar-refractivity contribution in [2.75, 3.05) is 26.2 Å². The zero-order chi connectivity index (χ0) is 20.4. The summed E-state index contributed by atoms with van der Waals surface area (Å²) in [6.07, 6.45) is 5.04. The molecule has 154 valence electrons. The van der Waals surface area contributed by atoms with E-state index in [1.54, 1.807) is 0 Å². The van der Waals surface area contributed by atoms with Gasteiger partial charge in [-0.15, -0.1) is 0 Å². The molecular weight excluding hydrogens is 362 g/mol. The van der Waals surface area contributed by atoms with E-state index in [9.17, 15) is 9.59 Å². The van der Waals surface area contributed by atoms with Crippen molar-refractivity contribution in [3.8, 4) is 5.69 Å². The van der Waals surface area contributed by atoms with Gasteiger partial charge in [-0.05, 0) is 64.2 Å². The first kappa shape index (κ1) is 19.7. The highest BCUT2D eigenvalue weighted by Crippen LogP contribution is 2.26. The minimum Gasteiger partial charge on any atom is -0.342 e. The SMILES string of the molecule is Cc1cc(C(=O)N2CCC(C(=O)N3CCCCC3)CC2)c(C)n1-c1ccccc1. The number of likely N-dealkylation sites (tertiary alicyclic amines) is 2. The number of carbonyl (C=O) groups is 2. The number of benzene rings is 1. The summed E-state index contributed by atoms with van der Waals surface area (Å²) >= 11 is 0. The van der Waals surface area contributed by atoms with Crippen LogP contribution >= 0.6 is 0 Å². The maximum Gasteiger partial charge on any atom is 0.255 e. The maximum absolute atomic E-state index is 13.2. The molecule has 0 radical (unpaired) electrons. The van der Waals surface area contributed by atoms with Crippen LogP contribution in [0, 0.1) is 19.8 Å². The summed E-state index contributed by atoms with van der Waals surface area (Å²) in [5.74, 6) is 0.470. The van der Waals surface area contributed by atoms with Gasteiger partial charge in [0.2, 0.25) is 5.91 Å². The summed E-state index contributed by atoms with van der Waals surface area (Å²) in [6, 6.07) is 12.1. The molecule has 0 aliphatic carbocycles. The van der Waals surface area contributed by atoms with E-state index in [1.807, 2.05) is 47.9 Å². The van der Waals surface area contributed by atoms with Crippen molar-refractivity contribution in [3.05, 3.63) is 53.3 Å². The highest BCUT2D eigenvalue weighted by atomic mass is 16.2. The fraction of sp³-hybridized carbons (Fsp3) is 0.500. The minimum absolute atomic E-state index is 0.0777. The van der Waals surface area contributed by atoms with Gasteiger partial charge in [0.25, 0.3) is 5.91 Å². The molecule has 2 aromatic rings.